The molecule has 0 fully saturated rings. The van der Waals surface area contributed by atoms with Crippen molar-refractivity contribution < 1.29 is 26.7 Å². The fourth-order valence-corrected chi connectivity index (χ4v) is 4.61. The zero-order valence-electron chi connectivity index (χ0n) is 22.4. The molecule has 0 heterocycles. The summed E-state index contributed by atoms with van der Waals surface area (Å²) in [7, 11) is 0. The standard InChI is InChI=1S/C34H31F5O/c1-2-3-4-5-6-7-24-8-10-25(11-9-24)12-13-26-15-20-30-29(22-26)19-18-28(33(30)36)17-14-27-16-21-32(31(35)23-27)40-34(37,38)39/h8-11,15-16,18-23H,2-7,12-13H2,1H3. The first kappa shape index (κ1) is 29.1. The monoisotopic (exact) mass is 550 g/mol. The number of halogens is 5. The number of rotatable bonds is 10. The molecule has 0 radical (unpaired) electrons. The Kier molecular flexibility index (Phi) is 9.82. The van der Waals surface area contributed by atoms with E-state index < -0.39 is 23.7 Å². The van der Waals surface area contributed by atoms with E-state index >= 15 is 4.39 Å². The van der Waals surface area contributed by atoms with Gasteiger partial charge in [-0.15, -0.1) is 13.2 Å². The molecule has 0 spiro atoms. The molecule has 208 valence electrons. The third kappa shape index (κ3) is 8.32. The van der Waals surface area contributed by atoms with Crippen LogP contribution < -0.4 is 4.74 Å². The first-order valence-corrected chi connectivity index (χ1v) is 13.6. The predicted molar refractivity (Wildman–Crippen MR) is 149 cm³/mol. The van der Waals surface area contributed by atoms with Gasteiger partial charge in [0.05, 0.1) is 5.56 Å². The third-order valence-electron chi connectivity index (χ3n) is 6.81. The van der Waals surface area contributed by atoms with E-state index in [1.165, 1.54) is 49.3 Å². The summed E-state index contributed by atoms with van der Waals surface area (Å²) in [6, 6.07) is 20.6. The number of benzene rings is 4. The minimum Gasteiger partial charge on any atom is -0.403 e. The zero-order chi connectivity index (χ0) is 28.5. The number of ether oxygens (including phenoxy) is 1. The highest BCUT2D eigenvalue weighted by Gasteiger charge is 2.32. The summed E-state index contributed by atoms with van der Waals surface area (Å²) in [5.41, 5.74) is 3.95. The number of fused-ring (bicyclic) bond motifs is 1. The summed E-state index contributed by atoms with van der Waals surface area (Å²) in [4.78, 5) is 0. The number of alkyl halides is 3. The van der Waals surface area contributed by atoms with Crippen LogP contribution in [0.25, 0.3) is 10.8 Å². The maximum absolute atomic E-state index is 15.1. The highest BCUT2D eigenvalue weighted by atomic mass is 19.4. The van der Waals surface area contributed by atoms with Gasteiger partial charge in [-0.2, -0.15) is 0 Å². The van der Waals surface area contributed by atoms with Crippen LogP contribution >= 0.6 is 0 Å². The fourth-order valence-electron chi connectivity index (χ4n) is 4.61. The van der Waals surface area contributed by atoms with Gasteiger partial charge in [-0.3, -0.25) is 0 Å². The molecule has 0 N–H and O–H groups in total. The minimum absolute atomic E-state index is 0.0990. The molecule has 0 saturated heterocycles. The molecule has 1 nitrogen and oxygen atoms in total. The van der Waals surface area contributed by atoms with Crippen LogP contribution in [0.4, 0.5) is 22.0 Å². The van der Waals surface area contributed by atoms with Crippen LogP contribution in [0.2, 0.25) is 0 Å². The highest BCUT2D eigenvalue weighted by molar-refractivity contribution is 5.85. The summed E-state index contributed by atoms with van der Waals surface area (Å²) < 4.78 is 69.7. The van der Waals surface area contributed by atoms with Crippen LogP contribution in [-0.2, 0) is 19.3 Å². The smallest absolute Gasteiger partial charge is 0.403 e. The lowest BCUT2D eigenvalue weighted by atomic mass is 9.98. The summed E-state index contributed by atoms with van der Waals surface area (Å²) in [5, 5.41) is 1.16. The maximum atomic E-state index is 15.1. The molecule has 4 rings (SSSR count). The number of hydrogen-bond acceptors (Lipinski definition) is 1. The second kappa shape index (κ2) is 13.5. The van der Waals surface area contributed by atoms with Gasteiger partial charge in [-0.25, -0.2) is 8.78 Å². The molecule has 0 aliphatic carbocycles. The van der Waals surface area contributed by atoms with Gasteiger partial charge in [0.15, 0.2) is 11.6 Å². The van der Waals surface area contributed by atoms with Crippen molar-refractivity contribution in [1.29, 1.82) is 0 Å². The lowest BCUT2D eigenvalue weighted by Gasteiger charge is -2.09. The van der Waals surface area contributed by atoms with E-state index in [4.69, 9.17) is 0 Å². The Morgan fingerprint density at radius 3 is 2.05 bits per heavy atom. The van der Waals surface area contributed by atoms with Crippen molar-refractivity contribution in [3.8, 4) is 17.6 Å². The molecular weight excluding hydrogens is 519 g/mol. The third-order valence-corrected chi connectivity index (χ3v) is 6.81. The number of unbranched alkanes of at least 4 members (excludes halogenated alkanes) is 4. The Balaban J connectivity index is 1.38. The lowest BCUT2D eigenvalue weighted by molar-refractivity contribution is -0.275. The zero-order valence-corrected chi connectivity index (χ0v) is 22.4. The van der Waals surface area contributed by atoms with Crippen molar-refractivity contribution in [3.63, 3.8) is 0 Å². The van der Waals surface area contributed by atoms with Crippen LogP contribution in [0.1, 0.15) is 66.8 Å². The van der Waals surface area contributed by atoms with Crippen LogP contribution in [-0.4, -0.2) is 6.36 Å². The predicted octanol–water partition coefficient (Wildman–Crippen LogP) is 9.71. The molecule has 0 aromatic heterocycles. The molecular formula is C34H31F5O. The summed E-state index contributed by atoms with van der Waals surface area (Å²) in [5.74, 6) is 2.60. The lowest BCUT2D eigenvalue weighted by Crippen LogP contribution is -2.17. The maximum Gasteiger partial charge on any atom is 0.573 e. The first-order valence-electron chi connectivity index (χ1n) is 13.6. The van der Waals surface area contributed by atoms with Crippen LogP contribution in [0, 0.1) is 23.5 Å². The minimum atomic E-state index is -5.00. The summed E-state index contributed by atoms with van der Waals surface area (Å²) >= 11 is 0. The second-order valence-electron chi connectivity index (χ2n) is 9.91. The molecule has 0 aliphatic heterocycles. The molecule has 4 aromatic rings. The Hall–Kier alpha value is -3.85. The molecule has 6 heteroatoms. The van der Waals surface area contributed by atoms with E-state index in [2.05, 4.69) is 47.8 Å². The van der Waals surface area contributed by atoms with Crippen molar-refractivity contribution in [2.75, 3.05) is 0 Å². The molecule has 0 aliphatic rings. The van der Waals surface area contributed by atoms with Crippen molar-refractivity contribution in [2.24, 2.45) is 0 Å². The summed E-state index contributed by atoms with van der Waals surface area (Å²) in [6.45, 7) is 2.23. The van der Waals surface area contributed by atoms with E-state index in [0.717, 1.165) is 42.3 Å². The Bertz CT molecular complexity index is 1490. The van der Waals surface area contributed by atoms with Crippen LogP contribution in [0.5, 0.6) is 5.75 Å². The van der Waals surface area contributed by atoms with Gasteiger partial charge < -0.3 is 4.74 Å². The molecule has 0 unspecified atom stereocenters. The molecule has 0 saturated carbocycles. The van der Waals surface area contributed by atoms with Gasteiger partial charge in [-0.1, -0.05) is 93.0 Å². The SMILES string of the molecule is CCCCCCCc1ccc(CCc2ccc3c(F)c(C#Cc4ccc(OC(F)(F)F)c(F)c4)ccc3c2)cc1. The Labute approximate surface area is 232 Å². The van der Waals surface area contributed by atoms with Crippen molar-refractivity contribution in [2.45, 2.75) is 64.7 Å². The second-order valence-corrected chi connectivity index (χ2v) is 9.91. The molecule has 0 amide bonds. The van der Waals surface area contributed by atoms with E-state index in [9.17, 15) is 17.6 Å². The molecule has 4 aromatic carbocycles. The topological polar surface area (TPSA) is 9.23 Å². The molecule has 40 heavy (non-hydrogen) atoms. The van der Waals surface area contributed by atoms with E-state index in [1.807, 2.05) is 12.1 Å². The van der Waals surface area contributed by atoms with E-state index in [1.54, 1.807) is 18.2 Å². The quantitative estimate of drug-likeness (QED) is 0.109. The molecule has 0 atom stereocenters. The number of hydrogen-bond donors (Lipinski definition) is 0. The van der Waals surface area contributed by atoms with Crippen molar-refractivity contribution >= 4 is 10.8 Å². The first-order chi connectivity index (χ1) is 19.2. The van der Waals surface area contributed by atoms with Crippen molar-refractivity contribution in [1.82, 2.24) is 0 Å². The number of aryl methyl sites for hydroxylation is 3. The van der Waals surface area contributed by atoms with Gasteiger partial charge in [0.1, 0.15) is 5.82 Å². The van der Waals surface area contributed by atoms with Gasteiger partial charge >= 0.3 is 6.36 Å². The van der Waals surface area contributed by atoms with E-state index in [-0.39, 0.29) is 11.1 Å². The normalized spacial score (nSPS) is 11.3. The largest absolute Gasteiger partial charge is 0.573 e. The van der Waals surface area contributed by atoms with E-state index in [0.29, 0.717) is 5.39 Å². The van der Waals surface area contributed by atoms with Crippen molar-refractivity contribution in [3.05, 3.63) is 112 Å². The van der Waals surface area contributed by atoms with Gasteiger partial charge in [0, 0.05) is 10.9 Å². The average molecular weight is 551 g/mol. The highest BCUT2D eigenvalue weighted by Crippen LogP contribution is 2.26. The van der Waals surface area contributed by atoms with Crippen LogP contribution in [0.3, 0.4) is 0 Å². The average Bonchev–Trinajstić information content (AvgIpc) is 2.93. The van der Waals surface area contributed by atoms with Gasteiger partial charge in [-0.05, 0) is 72.0 Å². The fraction of sp³-hybridized carbons (Fsp3) is 0.294. The van der Waals surface area contributed by atoms with Gasteiger partial charge in [0.25, 0.3) is 0 Å². The molecule has 0 bridgehead atoms. The Morgan fingerprint density at radius 1 is 0.675 bits per heavy atom. The Morgan fingerprint density at radius 2 is 1.35 bits per heavy atom. The van der Waals surface area contributed by atoms with Gasteiger partial charge in [0.2, 0.25) is 0 Å². The van der Waals surface area contributed by atoms with Crippen LogP contribution in [0.15, 0.2) is 72.8 Å². The summed E-state index contributed by atoms with van der Waals surface area (Å²) in [6.07, 6.45) is 4.22.